The summed E-state index contributed by atoms with van der Waals surface area (Å²) in [6.07, 6.45) is 0.0765. The number of carbonyl (C=O) groups excluding carboxylic acids is 1. The maximum Gasteiger partial charge on any atom is 0.308 e. The molecule has 2 aromatic carbocycles. The van der Waals surface area contributed by atoms with E-state index < -0.39 is 11.9 Å². The molecule has 1 atom stereocenters. The number of carbonyl (C=O) groups is 2. The van der Waals surface area contributed by atoms with E-state index in [1.165, 1.54) is 0 Å². The summed E-state index contributed by atoms with van der Waals surface area (Å²) in [7, 11) is 0. The number of carboxylic acids is 1. The Labute approximate surface area is 144 Å². The Morgan fingerprint density at radius 2 is 1.71 bits per heavy atom. The second-order valence-corrected chi connectivity index (χ2v) is 6.15. The van der Waals surface area contributed by atoms with Crippen molar-refractivity contribution in [2.75, 3.05) is 6.54 Å². The van der Waals surface area contributed by atoms with Crippen LogP contribution in [0.25, 0.3) is 0 Å². The monoisotopic (exact) mass is 345 g/mol. The molecular weight excluding hydrogens is 330 g/mol. The molecule has 1 aliphatic rings. The quantitative estimate of drug-likeness (QED) is 0.899. The molecule has 0 aromatic heterocycles. The van der Waals surface area contributed by atoms with Gasteiger partial charge in [-0.25, -0.2) is 0 Å². The number of benzene rings is 2. The van der Waals surface area contributed by atoms with Gasteiger partial charge in [0.2, 0.25) is 5.91 Å². The molecule has 124 valence electrons. The van der Waals surface area contributed by atoms with Crippen LogP contribution in [0.3, 0.4) is 0 Å². The molecule has 3 rings (SSSR count). The number of aliphatic carboxylic acids is 1. The van der Waals surface area contributed by atoms with Crippen LogP contribution in [0.5, 0.6) is 11.5 Å². The largest absolute Gasteiger partial charge is 0.481 e. The zero-order chi connectivity index (χ0) is 17.1. The molecule has 0 radical (unpaired) electrons. The molecule has 24 heavy (non-hydrogen) atoms. The average Bonchev–Trinajstić information content (AvgIpc) is 2.93. The van der Waals surface area contributed by atoms with Gasteiger partial charge in [0.15, 0.2) is 0 Å². The highest BCUT2D eigenvalue weighted by Crippen LogP contribution is 2.25. The van der Waals surface area contributed by atoms with Gasteiger partial charge < -0.3 is 14.7 Å². The summed E-state index contributed by atoms with van der Waals surface area (Å²) in [5.41, 5.74) is 0.929. The lowest BCUT2D eigenvalue weighted by Gasteiger charge is -2.16. The molecule has 0 aliphatic carbocycles. The topological polar surface area (TPSA) is 66.8 Å². The number of halogens is 1. The number of carboxylic acid groups (broad SMARTS) is 1. The third kappa shape index (κ3) is 3.86. The van der Waals surface area contributed by atoms with E-state index in [0.717, 1.165) is 5.56 Å². The number of hydrogen-bond acceptors (Lipinski definition) is 3. The fraction of sp³-hybridized carbons (Fsp3) is 0.222. The molecule has 1 aliphatic heterocycles. The Bertz CT molecular complexity index is 743. The minimum atomic E-state index is -0.919. The van der Waals surface area contributed by atoms with Gasteiger partial charge in [-0.2, -0.15) is 0 Å². The van der Waals surface area contributed by atoms with Crippen LogP contribution in [0.1, 0.15) is 12.0 Å². The zero-order valence-electron chi connectivity index (χ0n) is 12.8. The molecule has 5 nitrogen and oxygen atoms in total. The molecule has 6 heteroatoms. The van der Waals surface area contributed by atoms with Crippen LogP contribution in [0, 0.1) is 5.92 Å². The lowest BCUT2D eigenvalue weighted by atomic mass is 10.1. The van der Waals surface area contributed by atoms with Crippen LogP contribution in [0.15, 0.2) is 48.5 Å². The second kappa shape index (κ2) is 6.93. The van der Waals surface area contributed by atoms with Gasteiger partial charge in [0.05, 0.1) is 5.92 Å². The number of amides is 1. The summed E-state index contributed by atoms with van der Waals surface area (Å²) >= 11 is 5.83. The Balaban J connectivity index is 1.61. The lowest BCUT2D eigenvalue weighted by Crippen LogP contribution is -2.25. The van der Waals surface area contributed by atoms with Crippen molar-refractivity contribution < 1.29 is 19.4 Å². The van der Waals surface area contributed by atoms with Crippen molar-refractivity contribution in [2.24, 2.45) is 5.92 Å². The first-order valence-corrected chi connectivity index (χ1v) is 7.92. The summed E-state index contributed by atoms with van der Waals surface area (Å²) < 4.78 is 5.71. The van der Waals surface area contributed by atoms with Crippen molar-refractivity contribution in [3.8, 4) is 11.5 Å². The normalized spacial score (nSPS) is 17.1. The van der Waals surface area contributed by atoms with Gasteiger partial charge >= 0.3 is 5.97 Å². The van der Waals surface area contributed by atoms with Gasteiger partial charge in [-0.1, -0.05) is 23.7 Å². The first kappa shape index (κ1) is 16.3. The Morgan fingerprint density at radius 1 is 1.12 bits per heavy atom. The maximum absolute atomic E-state index is 11.9. The maximum atomic E-state index is 11.9. The third-order valence-corrected chi connectivity index (χ3v) is 4.16. The summed E-state index contributed by atoms with van der Waals surface area (Å²) in [5, 5.41) is 9.65. The molecule has 1 N–H and O–H groups in total. The molecule has 1 saturated heterocycles. The first-order chi connectivity index (χ1) is 11.5. The Kier molecular flexibility index (Phi) is 4.71. The SMILES string of the molecule is O=C(O)C1CC(=O)N(Cc2ccc(Oc3ccc(Cl)cc3)cc2)C1. The molecule has 0 spiro atoms. The average molecular weight is 346 g/mol. The molecular formula is C18H16ClNO4. The molecule has 1 fully saturated rings. The van der Waals surface area contributed by atoms with Crippen LogP contribution >= 0.6 is 11.6 Å². The first-order valence-electron chi connectivity index (χ1n) is 7.54. The molecule has 0 saturated carbocycles. The second-order valence-electron chi connectivity index (χ2n) is 5.71. The van der Waals surface area contributed by atoms with Gasteiger partial charge in [0.1, 0.15) is 11.5 Å². The van der Waals surface area contributed by atoms with Crippen molar-refractivity contribution in [1.82, 2.24) is 4.90 Å². The molecule has 2 aromatic rings. The van der Waals surface area contributed by atoms with E-state index in [2.05, 4.69) is 0 Å². The molecule has 1 unspecified atom stereocenters. The van der Waals surface area contributed by atoms with Crippen molar-refractivity contribution in [3.05, 3.63) is 59.1 Å². The molecule has 1 amide bonds. The fourth-order valence-corrected chi connectivity index (χ4v) is 2.74. The highest BCUT2D eigenvalue weighted by atomic mass is 35.5. The van der Waals surface area contributed by atoms with Gasteiger partial charge in [-0.05, 0) is 42.0 Å². The van der Waals surface area contributed by atoms with Crippen molar-refractivity contribution in [2.45, 2.75) is 13.0 Å². The number of ether oxygens (including phenoxy) is 1. The molecule has 0 bridgehead atoms. The van der Waals surface area contributed by atoms with Crippen LogP contribution < -0.4 is 4.74 Å². The lowest BCUT2D eigenvalue weighted by molar-refractivity contribution is -0.141. The summed E-state index contributed by atoms with van der Waals surface area (Å²) in [5.74, 6) is -0.283. The molecule has 1 heterocycles. The van der Waals surface area contributed by atoms with E-state index >= 15 is 0 Å². The minimum absolute atomic E-state index is 0.0765. The van der Waals surface area contributed by atoms with Crippen LogP contribution in [-0.2, 0) is 16.1 Å². The van der Waals surface area contributed by atoms with Crippen LogP contribution in [0.2, 0.25) is 5.02 Å². The van der Waals surface area contributed by atoms with E-state index in [1.807, 2.05) is 24.3 Å². The fourth-order valence-electron chi connectivity index (χ4n) is 2.61. The predicted molar refractivity (Wildman–Crippen MR) is 89.1 cm³/mol. The number of hydrogen-bond donors (Lipinski definition) is 1. The minimum Gasteiger partial charge on any atom is -0.481 e. The summed E-state index contributed by atoms with van der Waals surface area (Å²) in [4.78, 5) is 24.4. The Hall–Kier alpha value is -2.53. The van der Waals surface area contributed by atoms with E-state index in [1.54, 1.807) is 29.2 Å². The van der Waals surface area contributed by atoms with E-state index in [9.17, 15) is 9.59 Å². The highest BCUT2D eigenvalue weighted by molar-refractivity contribution is 6.30. The standard InChI is InChI=1S/C18H16ClNO4/c19-14-3-7-16(8-4-14)24-15-5-1-12(2-6-15)10-20-11-13(18(22)23)9-17(20)21/h1-8,13H,9-11H2,(H,22,23). The number of nitrogens with zero attached hydrogens (tertiary/aromatic N) is 1. The zero-order valence-corrected chi connectivity index (χ0v) is 13.6. The number of rotatable bonds is 5. The smallest absolute Gasteiger partial charge is 0.308 e. The predicted octanol–water partition coefficient (Wildman–Crippen LogP) is 3.57. The van der Waals surface area contributed by atoms with Gasteiger partial charge in [-0.3, -0.25) is 9.59 Å². The van der Waals surface area contributed by atoms with Crippen molar-refractivity contribution in [1.29, 1.82) is 0 Å². The van der Waals surface area contributed by atoms with Gasteiger partial charge in [0, 0.05) is 24.5 Å². The summed E-state index contributed by atoms with van der Waals surface area (Å²) in [6, 6.07) is 14.4. The van der Waals surface area contributed by atoms with Gasteiger partial charge in [0.25, 0.3) is 0 Å². The van der Waals surface area contributed by atoms with Crippen molar-refractivity contribution in [3.63, 3.8) is 0 Å². The third-order valence-electron chi connectivity index (χ3n) is 3.91. The van der Waals surface area contributed by atoms with Crippen LogP contribution in [0.4, 0.5) is 0 Å². The highest BCUT2D eigenvalue weighted by Gasteiger charge is 2.33. The Morgan fingerprint density at radius 3 is 2.25 bits per heavy atom. The van der Waals surface area contributed by atoms with E-state index in [0.29, 0.717) is 23.1 Å². The van der Waals surface area contributed by atoms with E-state index in [-0.39, 0.29) is 18.9 Å². The van der Waals surface area contributed by atoms with Crippen molar-refractivity contribution >= 4 is 23.5 Å². The summed E-state index contributed by atoms with van der Waals surface area (Å²) in [6.45, 7) is 0.668. The number of likely N-dealkylation sites (tertiary alicyclic amines) is 1. The van der Waals surface area contributed by atoms with E-state index in [4.69, 9.17) is 21.4 Å². The van der Waals surface area contributed by atoms with Gasteiger partial charge in [-0.15, -0.1) is 0 Å². The van der Waals surface area contributed by atoms with Crippen LogP contribution in [-0.4, -0.2) is 28.4 Å².